The quantitative estimate of drug-likeness (QED) is 0.534. The van der Waals surface area contributed by atoms with Crippen LogP contribution in [0.15, 0.2) is 42.7 Å². The number of carbonyl (C=O) groups excluding carboxylic acids is 1. The summed E-state index contributed by atoms with van der Waals surface area (Å²) in [5.41, 5.74) is 9.22. The molecule has 1 amide bonds. The van der Waals surface area contributed by atoms with E-state index in [-0.39, 0.29) is 22.6 Å². The Morgan fingerprint density at radius 3 is 2.44 bits per heavy atom. The van der Waals surface area contributed by atoms with Crippen molar-refractivity contribution < 1.29 is 9.18 Å². The number of likely N-dealkylation sites (N-methyl/N-ethyl adjacent to an activating group) is 1. The molecule has 2 aromatic carbocycles. The second kappa shape index (κ2) is 9.82. The molecular formula is C24H27ClFN7O. The minimum absolute atomic E-state index is 0.115. The zero-order valence-corrected chi connectivity index (χ0v) is 20.1. The number of benzene rings is 2. The van der Waals surface area contributed by atoms with Crippen LogP contribution < -0.4 is 16.0 Å². The highest BCUT2D eigenvalue weighted by Crippen LogP contribution is 2.37. The first-order valence-electron chi connectivity index (χ1n) is 10.9. The number of carbonyl (C=O) groups is 1. The van der Waals surface area contributed by atoms with Crippen molar-refractivity contribution in [2.75, 3.05) is 63.3 Å². The van der Waals surface area contributed by atoms with Gasteiger partial charge in [-0.3, -0.25) is 4.79 Å². The molecular weight excluding hydrogens is 457 g/mol. The Balaban J connectivity index is 1.76. The molecule has 3 aromatic rings. The molecule has 2 heterocycles. The summed E-state index contributed by atoms with van der Waals surface area (Å²) >= 11 is 6.08. The first-order chi connectivity index (χ1) is 16.2. The maximum Gasteiger partial charge on any atom is 0.253 e. The van der Waals surface area contributed by atoms with Crippen molar-refractivity contribution in [3.8, 4) is 11.1 Å². The predicted molar refractivity (Wildman–Crippen MR) is 134 cm³/mol. The second-order valence-electron chi connectivity index (χ2n) is 8.47. The normalized spacial score (nSPS) is 14.2. The Hall–Kier alpha value is -3.43. The van der Waals surface area contributed by atoms with Crippen molar-refractivity contribution >= 4 is 40.4 Å². The van der Waals surface area contributed by atoms with E-state index in [9.17, 15) is 4.79 Å². The highest BCUT2D eigenvalue weighted by Gasteiger charge is 2.21. The van der Waals surface area contributed by atoms with E-state index in [2.05, 4.69) is 32.1 Å². The van der Waals surface area contributed by atoms with E-state index in [4.69, 9.17) is 17.3 Å². The summed E-state index contributed by atoms with van der Waals surface area (Å²) in [6, 6.07) is 10.1. The summed E-state index contributed by atoms with van der Waals surface area (Å²) in [6.45, 7) is 3.24. The van der Waals surface area contributed by atoms with Crippen LogP contribution in [-0.2, 0) is 0 Å². The fraction of sp³-hybridized carbons (Fsp3) is 0.292. The molecule has 1 aliphatic rings. The third kappa shape index (κ3) is 4.90. The van der Waals surface area contributed by atoms with Crippen molar-refractivity contribution in [1.82, 2.24) is 19.8 Å². The average Bonchev–Trinajstić information content (AvgIpc) is 2.83. The van der Waals surface area contributed by atoms with Gasteiger partial charge >= 0.3 is 0 Å². The van der Waals surface area contributed by atoms with E-state index in [0.717, 1.165) is 26.2 Å². The summed E-state index contributed by atoms with van der Waals surface area (Å²) in [5.74, 6) is -0.129. The number of hydrogen-bond donors (Lipinski definition) is 2. The van der Waals surface area contributed by atoms with E-state index in [1.54, 1.807) is 44.4 Å². The highest BCUT2D eigenvalue weighted by molar-refractivity contribution is 6.32. The second-order valence-corrected chi connectivity index (χ2v) is 8.83. The van der Waals surface area contributed by atoms with Gasteiger partial charge in [-0.05, 0) is 36.9 Å². The van der Waals surface area contributed by atoms with Gasteiger partial charge in [0.25, 0.3) is 5.91 Å². The highest BCUT2D eigenvalue weighted by atomic mass is 35.5. The van der Waals surface area contributed by atoms with E-state index in [1.165, 1.54) is 17.3 Å². The third-order valence-corrected chi connectivity index (χ3v) is 6.17. The summed E-state index contributed by atoms with van der Waals surface area (Å²) in [7, 11) is 5.44. The Kier molecular flexibility index (Phi) is 6.85. The fourth-order valence-corrected chi connectivity index (χ4v) is 3.98. The Morgan fingerprint density at radius 1 is 1.12 bits per heavy atom. The number of nitrogens with two attached hydrogens (primary N) is 1. The molecule has 4 rings (SSSR count). The number of piperazine rings is 1. The molecule has 34 heavy (non-hydrogen) atoms. The van der Waals surface area contributed by atoms with E-state index < -0.39 is 0 Å². The minimum atomic E-state index is -0.361. The van der Waals surface area contributed by atoms with Gasteiger partial charge in [0.15, 0.2) is 11.0 Å². The Bertz CT molecular complexity index is 1190. The number of nitrogens with zero attached hydrogens (tertiary/aromatic N) is 5. The summed E-state index contributed by atoms with van der Waals surface area (Å²) in [5, 5.41) is 3.37. The van der Waals surface area contributed by atoms with Gasteiger partial charge in [-0.2, -0.15) is 0 Å². The van der Waals surface area contributed by atoms with Gasteiger partial charge in [-0.15, -0.1) is 0 Å². The lowest BCUT2D eigenvalue weighted by molar-refractivity contribution is 0.0827. The molecule has 0 unspecified atom stereocenters. The third-order valence-electron chi connectivity index (χ3n) is 5.87. The minimum Gasteiger partial charge on any atom is -0.393 e. The number of aromatic nitrogens is 2. The molecule has 178 valence electrons. The molecule has 3 N–H and O–H groups in total. The van der Waals surface area contributed by atoms with Crippen LogP contribution in [0.2, 0.25) is 5.15 Å². The standard InChI is InChI=1S/C24H27ClFN7O/c1-31(2)24(34)16-6-4-15(5-7-16)17-12-19(30-23-21(27)22(25)28-14-29-23)20(13-18(17)26)33-10-8-32(3)9-11-33/h4-7,12-14H,8-11,27H2,1-3H3,(H,28,29,30). The number of anilines is 4. The number of hydrogen-bond acceptors (Lipinski definition) is 7. The number of rotatable bonds is 5. The largest absolute Gasteiger partial charge is 0.393 e. The monoisotopic (exact) mass is 483 g/mol. The van der Waals surface area contributed by atoms with Gasteiger partial charge in [0, 0.05) is 51.4 Å². The molecule has 0 atom stereocenters. The van der Waals surface area contributed by atoms with Crippen LogP contribution in [0.5, 0.6) is 0 Å². The topological polar surface area (TPSA) is 90.6 Å². The van der Waals surface area contributed by atoms with Gasteiger partial charge < -0.3 is 25.8 Å². The zero-order chi connectivity index (χ0) is 24.4. The van der Waals surface area contributed by atoms with Crippen LogP contribution in [0.1, 0.15) is 10.4 Å². The molecule has 0 radical (unpaired) electrons. The van der Waals surface area contributed by atoms with Crippen LogP contribution in [0.4, 0.5) is 27.3 Å². The van der Waals surface area contributed by atoms with Crippen LogP contribution in [-0.4, -0.2) is 73.0 Å². The Morgan fingerprint density at radius 2 is 1.79 bits per heavy atom. The smallest absolute Gasteiger partial charge is 0.253 e. The van der Waals surface area contributed by atoms with Crippen LogP contribution >= 0.6 is 11.6 Å². The molecule has 1 saturated heterocycles. The molecule has 0 aliphatic carbocycles. The molecule has 8 nitrogen and oxygen atoms in total. The van der Waals surface area contributed by atoms with Crippen molar-refractivity contribution in [2.24, 2.45) is 0 Å². The van der Waals surface area contributed by atoms with E-state index in [0.29, 0.717) is 33.9 Å². The van der Waals surface area contributed by atoms with Crippen LogP contribution in [0.3, 0.4) is 0 Å². The maximum atomic E-state index is 15.4. The molecule has 1 aromatic heterocycles. The number of nitrogen functional groups attached to an aromatic ring is 1. The lowest BCUT2D eigenvalue weighted by atomic mass is 10.0. The SMILES string of the molecule is CN1CCN(c2cc(F)c(-c3ccc(C(=O)N(C)C)cc3)cc2Nc2ncnc(Cl)c2N)CC1. The van der Waals surface area contributed by atoms with E-state index >= 15 is 4.39 Å². The number of nitrogens with one attached hydrogen (secondary N) is 1. The molecule has 0 saturated carbocycles. The van der Waals surface area contributed by atoms with Crippen molar-refractivity contribution in [3.05, 3.63) is 59.3 Å². The van der Waals surface area contributed by atoms with Crippen LogP contribution in [0, 0.1) is 5.82 Å². The van der Waals surface area contributed by atoms with Gasteiger partial charge in [-0.1, -0.05) is 23.7 Å². The molecule has 1 aliphatic heterocycles. The Labute approximate surface area is 203 Å². The van der Waals surface area contributed by atoms with Gasteiger partial charge in [0.05, 0.1) is 11.4 Å². The fourth-order valence-electron chi connectivity index (χ4n) is 3.84. The van der Waals surface area contributed by atoms with E-state index in [1.807, 2.05) is 0 Å². The zero-order valence-electron chi connectivity index (χ0n) is 19.3. The van der Waals surface area contributed by atoms with Crippen molar-refractivity contribution in [1.29, 1.82) is 0 Å². The van der Waals surface area contributed by atoms with Crippen molar-refractivity contribution in [3.63, 3.8) is 0 Å². The van der Waals surface area contributed by atoms with Crippen LogP contribution in [0.25, 0.3) is 11.1 Å². The lowest BCUT2D eigenvalue weighted by Gasteiger charge is -2.35. The predicted octanol–water partition coefficient (Wildman–Crippen LogP) is 3.72. The van der Waals surface area contributed by atoms with Gasteiger partial charge in [0.2, 0.25) is 0 Å². The molecule has 10 heteroatoms. The molecule has 0 spiro atoms. The first-order valence-corrected chi connectivity index (χ1v) is 11.2. The average molecular weight is 484 g/mol. The summed E-state index contributed by atoms with van der Waals surface area (Å²) in [6.07, 6.45) is 1.32. The first kappa shape index (κ1) is 23.7. The molecule has 1 fully saturated rings. The summed E-state index contributed by atoms with van der Waals surface area (Å²) in [4.78, 5) is 26.2. The van der Waals surface area contributed by atoms with Gasteiger partial charge in [0.1, 0.15) is 17.8 Å². The van der Waals surface area contributed by atoms with Gasteiger partial charge in [-0.25, -0.2) is 14.4 Å². The lowest BCUT2D eigenvalue weighted by Crippen LogP contribution is -2.44. The number of halogens is 2. The summed E-state index contributed by atoms with van der Waals surface area (Å²) < 4.78 is 15.4. The van der Waals surface area contributed by atoms with Crippen molar-refractivity contribution in [2.45, 2.75) is 0 Å². The number of amides is 1. The molecule has 0 bridgehead atoms. The maximum absolute atomic E-state index is 15.4.